The second-order valence-corrected chi connectivity index (χ2v) is 5.15. The molecule has 1 unspecified atom stereocenters. The van der Waals surface area contributed by atoms with Crippen LogP contribution in [-0.4, -0.2) is 59.0 Å². The molecule has 1 fully saturated rings. The predicted molar refractivity (Wildman–Crippen MR) is 68.9 cm³/mol. The van der Waals surface area contributed by atoms with Crippen molar-refractivity contribution in [2.45, 2.75) is 39.7 Å². The maximum absolute atomic E-state index is 12.4. The van der Waals surface area contributed by atoms with Crippen LogP contribution in [0.1, 0.15) is 33.6 Å². The van der Waals surface area contributed by atoms with E-state index >= 15 is 0 Å². The summed E-state index contributed by atoms with van der Waals surface area (Å²) in [5, 5.41) is 9.01. The number of likely N-dealkylation sites (tertiary alicyclic amines) is 1. The van der Waals surface area contributed by atoms with Crippen molar-refractivity contribution in [2.75, 3.05) is 26.2 Å². The van der Waals surface area contributed by atoms with Crippen LogP contribution < -0.4 is 0 Å². The van der Waals surface area contributed by atoms with Crippen molar-refractivity contribution in [1.29, 1.82) is 0 Å². The van der Waals surface area contributed by atoms with Gasteiger partial charge in [0.05, 0.1) is 12.5 Å². The predicted octanol–water partition coefficient (Wildman–Crippen LogP) is 0.474. The number of carbonyl (C=O) groups excluding carboxylic acids is 2. The van der Waals surface area contributed by atoms with Gasteiger partial charge in [0.25, 0.3) is 0 Å². The molecule has 104 valence electrons. The normalized spacial score (nSPS) is 20.1. The van der Waals surface area contributed by atoms with Crippen molar-refractivity contribution < 1.29 is 14.7 Å². The first-order chi connectivity index (χ1) is 8.47. The van der Waals surface area contributed by atoms with Gasteiger partial charge in [-0.1, -0.05) is 0 Å². The zero-order valence-corrected chi connectivity index (χ0v) is 11.6. The van der Waals surface area contributed by atoms with Gasteiger partial charge in [0.1, 0.15) is 0 Å². The van der Waals surface area contributed by atoms with Gasteiger partial charge in [-0.2, -0.15) is 0 Å². The van der Waals surface area contributed by atoms with E-state index in [4.69, 9.17) is 5.11 Å². The number of amides is 2. The Labute approximate surface area is 109 Å². The Hall–Kier alpha value is -1.10. The Balaban J connectivity index is 2.66. The van der Waals surface area contributed by atoms with Crippen molar-refractivity contribution in [3.8, 4) is 0 Å². The second kappa shape index (κ2) is 6.73. The number of piperidine rings is 1. The van der Waals surface area contributed by atoms with E-state index in [1.54, 1.807) is 16.7 Å². The smallest absolute Gasteiger partial charge is 0.227 e. The van der Waals surface area contributed by atoms with Crippen molar-refractivity contribution in [1.82, 2.24) is 9.80 Å². The molecule has 0 saturated carbocycles. The summed E-state index contributed by atoms with van der Waals surface area (Å²) in [6, 6.07) is 0.0809. The molecule has 0 aliphatic carbocycles. The fourth-order valence-corrected chi connectivity index (χ4v) is 2.43. The van der Waals surface area contributed by atoms with Crippen molar-refractivity contribution in [2.24, 2.45) is 5.92 Å². The van der Waals surface area contributed by atoms with E-state index in [2.05, 4.69) is 0 Å². The summed E-state index contributed by atoms with van der Waals surface area (Å²) in [5.74, 6) is -0.0210. The fraction of sp³-hybridized carbons (Fsp3) is 0.846. The number of hydrogen-bond acceptors (Lipinski definition) is 3. The lowest BCUT2D eigenvalue weighted by atomic mass is 9.96. The molecule has 1 aliphatic rings. The average molecular weight is 256 g/mol. The topological polar surface area (TPSA) is 60.9 Å². The minimum Gasteiger partial charge on any atom is -0.395 e. The highest BCUT2D eigenvalue weighted by Gasteiger charge is 2.30. The van der Waals surface area contributed by atoms with Crippen LogP contribution in [0.5, 0.6) is 0 Å². The Bertz CT molecular complexity index is 305. The van der Waals surface area contributed by atoms with Crippen LogP contribution in [0.3, 0.4) is 0 Å². The molecule has 1 rings (SSSR count). The number of aliphatic hydroxyl groups excluding tert-OH is 1. The van der Waals surface area contributed by atoms with Crippen LogP contribution in [0.15, 0.2) is 0 Å². The zero-order valence-electron chi connectivity index (χ0n) is 11.6. The van der Waals surface area contributed by atoms with Gasteiger partial charge >= 0.3 is 0 Å². The summed E-state index contributed by atoms with van der Waals surface area (Å²) in [5.41, 5.74) is 0. The molecule has 0 spiro atoms. The van der Waals surface area contributed by atoms with Gasteiger partial charge in [-0.05, 0) is 26.7 Å². The number of hydrogen-bond donors (Lipinski definition) is 1. The van der Waals surface area contributed by atoms with E-state index in [9.17, 15) is 9.59 Å². The van der Waals surface area contributed by atoms with Crippen LogP contribution in [0.4, 0.5) is 0 Å². The van der Waals surface area contributed by atoms with E-state index in [0.717, 1.165) is 19.4 Å². The maximum atomic E-state index is 12.4. The van der Waals surface area contributed by atoms with Crippen LogP contribution in [-0.2, 0) is 9.59 Å². The molecule has 1 heterocycles. The molecule has 18 heavy (non-hydrogen) atoms. The molecular weight excluding hydrogens is 232 g/mol. The summed E-state index contributed by atoms with van der Waals surface area (Å²) in [4.78, 5) is 27.2. The standard InChI is InChI=1S/C13H24N2O3/c1-10(2)15(7-8-16)13(18)12-5-4-6-14(9-12)11(3)17/h10,12,16H,4-9H2,1-3H3. The Morgan fingerprint density at radius 2 is 2.11 bits per heavy atom. The number of aliphatic hydroxyl groups is 1. The third-order valence-electron chi connectivity index (χ3n) is 3.46. The average Bonchev–Trinajstić information content (AvgIpc) is 2.35. The van der Waals surface area contributed by atoms with Gasteiger partial charge < -0.3 is 14.9 Å². The summed E-state index contributed by atoms with van der Waals surface area (Å²) in [7, 11) is 0. The first-order valence-corrected chi connectivity index (χ1v) is 6.64. The quantitative estimate of drug-likeness (QED) is 0.795. The van der Waals surface area contributed by atoms with E-state index in [-0.39, 0.29) is 30.4 Å². The SMILES string of the molecule is CC(=O)N1CCCC(C(=O)N(CCO)C(C)C)C1. The van der Waals surface area contributed by atoms with Crippen LogP contribution >= 0.6 is 0 Å². The summed E-state index contributed by atoms with van der Waals surface area (Å²) in [6.45, 7) is 7.04. The monoisotopic (exact) mass is 256 g/mol. The molecule has 2 amide bonds. The lowest BCUT2D eigenvalue weighted by Crippen LogP contribution is -2.48. The number of rotatable bonds is 4. The summed E-state index contributed by atoms with van der Waals surface area (Å²) in [6.07, 6.45) is 1.71. The van der Waals surface area contributed by atoms with Crippen molar-refractivity contribution in [3.63, 3.8) is 0 Å². The van der Waals surface area contributed by atoms with E-state index in [1.165, 1.54) is 0 Å². The van der Waals surface area contributed by atoms with Crippen LogP contribution in [0.25, 0.3) is 0 Å². The van der Waals surface area contributed by atoms with Gasteiger partial charge in [0.15, 0.2) is 0 Å². The highest BCUT2D eigenvalue weighted by Crippen LogP contribution is 2.20. The van der Waals surface area contributed by atoms with Gasteiger partial charge in [-0.25, -0.2) is 0 Å². The van der Waals surface area contributed by atoms with Gasteiger partial charge in [-0.3, -0.25) is 9.59 Å². The lowest BCUT2D eigenvalue weighted by molar-refractivity contribution is -0.142. The van der Waals surface area contributed by atoms with E-state index in [0.29, 0.717) is 13.1 Å². The molecule has 5 heteroatoms. The molecule has 0 aromatic heterocycles. The lowest BCUT2D eigenvalue weighted by Gasteiger charge is -2.35. The van der Waals surface area contributed by atoms with Crippen molar-refractivity contribution >= 4 is 11.8 Å². The molecule has 0 radical (unpaired) electrons. The van der Waals surface area contributed by atoms with Crippen LogP contribution in [0, 0.1) is 5.92 Å². The van der Waals surface area contributed by atoms with E-state index < -0.39 is 0 Å². The Morgan fingerprint density at radius 1 is 1.44 bits per heavy atom. The molecule has 1 aliphatic heterocycles. The molecule has 5 nitrogen and oxygen atoms in total. The minimum absolute atomic E-state index is 0.0208. The number of carbonyl (C=O) groups is 2. The van der Waals surface area contributed by atoms with Gasteiger partial charge in [0, 0.05) is 32.6 Å². The third-order valence-corrected chi connectivity index (χ3v) is 3.46. The first kappa shape index (κ1) is 15.0. The minimum atomic E-state index is -0.114. The maximum Gasteiger partial charge on any atom is 0.227 e. The summed E-state index contributed by atoms with van der Waals surface area (Å²) < 4.78 is 0. The van der Waals surface area contributed by atoms with Gasteiger partial charge in [-0.15, -0.1) is 0 Å². The largest absolute Gasteiger partial charge is 0.395 e. The molecule has 1 N–H and O–H groups in total. The fourth-order valence-electron chi connectivity index (χ4n) is 2.43. The molecule has 0 aromatic rings. The summed E-state index contributed by atoms with van der Waals surface area (Å²) >= 11 is 0. The molecule has 0 bridgehead atoms. The third kappa shape index (κ3) is 3.70. The molecule has 0 aromatic carbocycles. The van der Waals surface area contributed by atoms with Gasteiger partial charge in [0.2, 0.25) is 11.8 Å². The van der Waals surface area contributed by atoms with Crippen LogP contribution in [0.2, 0.25) is 0 Å². The second-order valence-electron chi connectivity index (χ2n) is 5.15. The zero-order chi connectivity index (χ0) is 13.7. The Kier molecular flexibility index (Phi) is 5.59. The number of nitrogens with zero attached hydrogens (tertiary/aromatic N) is 2. The highest BCUT2D eigenvalue weighted by molar-refractivity contribution is 5.81. The Morgan fingerprint density at radius 3 is 2.61 bits per heavy atom. The highest BCUT2D eigenvalue weighted by atomic mass is 16.3. The molecular formula is C13H24N2O3. The van der Waals surface area contributed by atoms with Crippen molar-refractivity contribution in [3.05, 3.63) is 0 Å². The first-order valence-electron chi connectivity index (χ1n) is 6.64. The molecule has 1 atom stereocenters. The molecule has 1 saturated heterocycles. The van der Waals surface area contributed by atoms with E-state index in [1.807, 2.05) is 13.8 Å².